The van der Waals surface area contributed by atoms with Crippen LogP contribution in [0.3, 0.4) is 0 Å². The summed E-state index contributed by atoms with van der Waals surface area (Å²) in [6.07, 6.45) is 8.21. The Labute approximate surface area is 134 Å². The molecule has 22 heavy (non-hydrogen) atoms. The molecule has 0 aromatic heterocycles. The number of benzene rings is 2. The van der Waals surface area contributed by atoms with E-state index < -0.39 is 8.32 Å². The minimum absolute atomic E-state index is 0.671. The summed E-state index contributed by atoms with van der Waals surface area (Å²) in [5.41, 5.74) is 0. The van der Waals surface area contributed by atoms with Gasteiger partial charge >= 0.3 is 0 Å². The largest absolute Gasteiger partial charge is 0.408 e. The van der Waals surface area contributed by atoms with Gasteiger partial charge in [-0.15, -0.1) is 0 Å². The summed E-state index contributed by atoms with van der Waals surface area (Å²) in [6.45, 7) is 3.20. The first-order valence-electron chi connectivity index (χ1n) is 8.19. The van der Waals surface area contributed by atoms with Gasteiger partial charge < -0.3 is 4.43 Å². The molecule has 0 radical (unpaired) electrons. The van der Waals surface area contributed by atoms with E-state index in [1.165, 1.54) is 23.2 Å². The Hall–Kier alpha value is -1.64. The molecule has 1 atom stereocenters. The van der Waals surface area contributed by atoms with Gasteiger partial charge in [0.15, 0.2) is 0 Å². The third-order valence-electron chi connectivity index (χ3n) is 4.63. The van der Waals surface area contributed by atoms with Crippen LogP contribution in [0.1, 0.15) is 19.3 Å². The molecule has 0 fully saturated rings. The van der Waals surface area contributed by atoms with E-state index in [1.54, 1.807) is 0 Å². The quantitative estimate of drug-likeness (QED) is 0.604. The fourth-order valence-electron chi connectivity index (χ4n) is 3.14. The van der Waals surface area contributed by atoms with Gasteiger partial charge in [0.25, 0.3) is 8.32 Å². The van der Waals surface area contributed by atoms with E-state index in [2.05, 4.69) is 79.4 Å². The van der Waals surface area contributed by atoms with Crippen molar-refractivity contribution in [1.82, 2.24) is 0 Å². The van der Waals surface area contributed by atoms with Crippen molar-refractivity contribution in [3.8, 4) is 0 Å². The highest BCUT2D eigenvalue weighted by molar-refractivity contribution is 6.96. The molecule has 1 aliphatic rings. The summed E-state index contributed by atoms with van der Waals surface area (Å²) in [7, 11) is -2.11. The molecule has 0 N–H and O–H groups in total. The van der Waals surface area contributed by atoms with Gasteiger partial charge in [-0.25, -0.2) is 0 Å². The first kappa shape index (κ1) is 15.3. The molecule has 0 spiro atoms. The fraction of sp³-hybridized carbons (Fsp3) is 0.300. The van der Waals surface area contributed by atoms with E-state index in [4.69, 9.17) is 4.43 Å². The van der Waals surface area contributed by atoms with Gasteiger partial charge in [-0.1, -0.05) is 72.8 Å². The lowest BCUT2D eigenvalue weighted by Crippen LogP contribution is -2.58. The van der Waals surface area contributed by atoms with E-state index in [0.717, 1.165) is 13.0 Å². The van der Waals surface area contributed by atoms with E-state index in [1.807, 2.05) is 0 Å². The second-order valence-electron chi connectivity index (χ2n) is 6.23. The van der Waals surface area contributed by atoms with Crippen molar-refractivity contribution in [2.24, 2.45) is 5.92 Å². The lowest BCUT2D eigenvalue weighted by molar-refractivity contribution is 0.238. The van der Waals surface area contributed by atoms with Crippen LogP contribution >= 0.6 is 0 Å². The number of allylic oxidation sites excluding steroid dienone is 2. The van der Waals surface area contributed by atoms with Crippen molar-refractivity contribution in [2.75, 3.05) is 6.61 Å². The van der Waals surface area contributed by atoms with Crippen LogP contribution in [0.2, 0.25) is 6.55 Å². The minimum Gasteiger partial charge on any atom is -0.408 e. The summed E-state index contributed by atoms with van der Waals surface area (Å²) in [6, 6.07) is 21.5. The monoisotopic (exact) mass is 308 g/mol. The van der Waals surface area contributed by atoms with Gasteiger partial charge in [-0.05, 0) is 42.1 Å². The van der Waals surface area contributed by atoms with Crippen LogP contribution in [0.5, 0.6) is 0 Å². The SMILES string of the molecule is C[Si](OCC1CC=CCC1)(c1ccccc1)c1ccccc1. The van der Waals surface area contributed by atoms with Crippen molar-refractivity contribution in [3.05, 3.63) is 72.8 Å². The highest BCUT2D eigenvalue weighted by Gasteiger charge is 2.34. The van der Waals surface area contributed by atoms with Crippen LogP contribution in [-0.4, -0.2) is 14.9 Å². The van der Waals surface area contributed by atoms with Crippen molar-refractivity contribution >= 4 is 18.7 Å². The maximum atomic E-state index is 6.65. The Kier molecular flexibility index (Phi) is 4.91. The molecule has 2 heteroatoms. The molecule has 1 nitrogen and oxygen atoms in total. The molecule has 2 aromatic carbocycles. The first-order valence-corrected chi connectivity index (χ1v) is 10.6. The summed E-state index contributed by atoms with van der Waals surface area (Å²) >= 11 is 0. The van der Waals surface area contributed by atoms with Crippen LogP contribution in [0.4, 0.5) is 0 Å². The minimum atomic E-state index is -2.11. The predicted molar refractivity (Wildman–Crippen MR) is 96.2 cm³/mol. The van der Waals surface area contributed by atoms with Crippen LogP contribution in [-0.2, 0) is 4.43 Å². The Bertz CT molecular complexity index is 567. The van der Waals surface area contributed by atoms with Gasteiger partial charge in [-0.2, -0.15) is 0 Å². The highest BCUT2D eigenvalue weighted by Crippen LogP contribution is 2.20. The lowest BCUT2D eigenvalue weighted by atomic mass is 9.96. The smallest absolute Gasteiger partial charge is 0.252 e. The number of hydrogen-bond acceptors (Lipinski definition) is 1. The molecule has 3 rings (SSSR count). The molecule has 0 heterocycles. The van der Waals surface area contributed by atoms with Crippen LogP contribution in [0.15, 0.2) is 72.8 Å². The molecule has 0 amide bonds. The van der Waals surface area contributed by atoms with E-state index in [-0.39, 0.29) is 0 Å². The van der Waals surface area contributed by atoms with Gasteiger partial charge in [0.2, 0.25) is 0 Å². The average molecular weight is 308 g/mol. The van der Waals surface area contributed by atoms with Gasteiger partial charge in [0.05, 0.1) is 0 Å². The maximum absolute atomic E-state index is 6.65. The summed E-state index contributed by atoms with van der Waals surface area (Å²) in [5.74, 6) is 0.671. The summed E-state index contributed by atoms with van der Waals surface area (Å²) in [4.78, 5) is 0. The molecular formula is C20H24OSi. The van der Waals surface area contributed by atoms with Gasteiger partial charge in [0.1, 0.15) is 0 Å². The zero-order chi connectivity index (χ0) is 15.3. The zero-order valence-electron chi connectivity index (χ0n) is 13.2. The van der Waals surface area contributed by atoms with Crippen molar-refractivity contribution in [3.63, 3.8) is 0 Å². The van der Waals surface area contributed by atoms with Crippen LogP contribution in [0.25, 0.3) is 0 Å². The second-order valence-corrected chi connectivity index (χ2v) is 9.74. The first-order chi connectivity index (χ1) is 10.8. The molecule has 0 aliphatic heterocycles. The Morgan fingerprint density at radius 1 is 0.909 bits per heavy atom. The van der Waals surface area contributed by atoms with Crippen molar-refractivity contribution in [2.45, 2.75) is 25.8 Å². The zero-order valence-corrected chi connectivity index (χ0v) is 14.2. The Morgan fingerprint density at radius 3 is 2.00 bits per heavy atom. The third kappa shape index (κ3) is 3.40. The molecule has 0 bridgehead atoms. The average Bonchev–Trinajstić information content (AvgIpc) is 2.62. The molecule has 1 aliphatic carbocycles. The molecule has 2 aromatic rings. The topological polar surface area (TPSA) is 9.23 Å². The Balaban J connectivity index is 1.85. The maximum Gasteiger partial charge on any atom is 0.252 e. The predicted octanol–water partition coefficient (Wildman–Crippen LogP) is 3.75. The van der Waals surface area contributed by atoms with E-state index in [0.29, 0.717) is 5.92 Å². The molecule has 0 saturated carbocycles. The fourth-order valence-corrected chi connectivity index (χ4v) is 6.03. The lowest BCUT2D eigenvalue weighted by Gasteiger charge is -2.31. The number of hydrogen-bond donors (Lipinski definition) is 0. The summed E-state index contributed by atoms with van der Waals surface area (Å²) in [5, 5.41) is 2.71. The Morgan fingerprint density at radius 2 is 1.50 bits per heavy atom. The van der Waals surface area contributed by atoms with Gasteiger partial charge in [0, 0.05) is 6.61 Å². The van der Waals surface area contributed by atoms with Crippen LogP contribution < -0.4 is 10.4 Å². The van der Waals surface area contributed by atoms with Crippen LogP contribution in [0, 0.1) is 5.92 Å². The highest BCUT2D eigenvalue weighted by atomic mass is 28.4. The standard InChI is InChI=1S/C20H24OSi/c1-22(19-13-7-3-8-14-19,20-15-9-4-10-16-20)21-17-18-11-5-2-6-12-18/h2-5,7-10,13-16,18H,6,11-12,17H2,1H3. The van der Waals surface area contributed by atoms with E-state index in [9.17, 15) is 0 Å². The molecular weight excluding hydrogens is 284 g/mol. The normalized spacial score (nSPS) is 18.3. The number of rotatable bonds is 5. The second kappa shape index (κ2) is 7.08. The van der Waals surface area contributed by atoms with Crippen molar-refractivity contribution in [1.29, 1.82) is 0 Å². The third-order valence-corrected chi connectivity index (χ3v) is 8.25. The van der Waals surface area contributed by atoms with E-state index >= 15 is 0 Å². The molecule has 0 saturated heterocycles. The van der Waals surface area contributed by atoms with Crippen molar-refractivity contribution < 1.29 is 4.43 Å². The summed E-state index contributed by atoms with van der Waals surface area (Å²) < 4.78 is 6.65. The molecule has 1 unspecified atom stereocenters. The van der Waals surface area contributed by atoms with Gasteiger partial charge in [-0.3, -0.25) is 0 Å². The molecule has 114 valence electrons.